The summed E-state index contributed by atoms with van der Waals surface area (Å²) in [5.41, 5.74) is 1.25. The third kappa shape index (κ3) is 3.18. The van der Waals surface area contributed by atoms with E-state index in [0.717, 1.165) is 26.2 Å². The molecule has 0 spiro atoms. The smallest absolute Gasteiger partial charge is 0.212 e. The molecule has 1 aliphatic heterocycles. The van der Waals surface area contributed by atoms with Crippen LogP contribution in [0.2, 0.25) is 0 Å². The minimum Gasteiger partial charge on any atom is -0.481 e. The van der Waals surface area contributed by atoms with Crippen LogP contribution in [0, 0.1) is 0 Å². The first kappa shape index (κ1) is 11.4. The Morgan fingerprint density at radius 3 is 3.06 bits per heavy atom. The standard InChI is InChI=1S/C12H19N3O/c1-16-12-4-3-11(9-14-12)10-15-7-2-5-13-6-8-15/h3-4,9,13H,2,5-8,10H2,1H3. The molecular formula is C12H19N3O. The molecule has 4 heteroatoms. The number of nitrogens with one attached hydrogen (secondary N) is 1. The molecular weight excluding hydrogens is 202 g/mol. The molecule has 0 aromatic carbocycles. The molecule has 1 N–H and O–H groups in total. The van der Waals surface area contributed by atoms with Gasteiger partial charge in [-0.05, 0) is 25.1 Å². The van der Waals surface area contributed by atoms with Gasteiger partial charge < -0.3 is 10.1 Å². The Kier molecular flexibility index (Phi) is 4.13. The number of hydrogen-bond donors (Lipinski definition) is 1. The molecule has 0 unspecified atom stereocenters. The van der Waals surface area contributed by atoms with Crippen LogP contribution in [-0.4, -0.2) is 43.2 Å². The third-order valence-electron chi connectivity index (χ3n) is 2.85. The van der Waals surface area contributed by atoms with E-state index in [1.807, 2.05) is 12.3 Å². The average molecular weight is 221 g/mol. The molecule has 1 aromatic heterocycles. The van der Waals surface area contributed by atoms with Gasteiger partial charge >= 0.3 is 0 Å². The van der Waals surface area contributed by atoms with Gasteiger partial charge in [-0.2, -0.15) is 0 Å². The van der Waals surface area contributed by atoms with Gasteiger partial charge in [-0.25, -0.2) is 4.98 Å². The second-order valence-electron chi connectivity index (χ2n) is 4.09. The summed E-state index contributed by atoms with van der Waals surface area (Å²) in [4.78, 5) is 6.68. The van der Waals surface area contributed by atoms with Gasteiger partial charge in [0.15, 0.2) is 0 Å². The molecule has 1 aliphatic rings. The normalized spacial score (nSPS) is 18.1. The Bertz CT molecular complexity index is 305. The second kappa shape index (κ2) is 5.82. The maximum Gasteiger partial charge on any atom is 0.212 e. The topological polar surface area (TPSA) is 37.4 Å². The highest BCUT2D eigenvalue weighted by molar-refractivity contribution is 5.17. The third-order valence-corrected chi connectivity index (χ3v) is 2.85. The quantitative estimate of drug-likeness (QED) is 0.822. The molecule has 0 aliphatic carbocycles. The predicted molar refractivity (Wildman–Crippen MR) is 63.6 cm³/mol. The fraction of sp³-hybridized carbons (Fsp3) is 0.583. The lowest BCUT2D eigenvalue weighted by Crippen LogP contribution is -2.27. The van der Waals surface area contributed by atoms with Crippen LogP contribution < -0.4 is 10.1 Å². The molecule has 0 atom stereocenters. The van der Waals surface area contributed by atoms with Gasteiger partial charge in [-0.1, -0.05) is 6.07 Å². The Hall–Kier alpha value is -1.13. The molecule has 0 bridgehead atoms. The zero-order valence-electron chi connectivity index (χ0n) is 9.78. The number of hydrogen-bond acceptors (Lipinski definition) is 4. The zero-order valence-corrected chi connectivity index (χ0v) is 9.78. The van der Waals surface area contributed by atoms with Crippen molar-refractivity contribution in [1.29, 1.82) is 0 Å². The van der Waals surface area contributed by atoms with E-state index in [0.29, 0.717) is 5.88 Å². The number of nitrogens with zero attached hydrogens (tertiary/aromatic N) is 2. The Balaban J connectivity index is 1.91. The van der Waals surface area contributed by atoms with Crippen LogP contribution in [0.5, 0.6) is 5.88 Å². The number of ether oxygens (including phenoxy) is 1. The van der Waals surface area contributed by atoms with Gasteiger partial charge in [0.25, 0.3) is 0 Å². The molecule has 0 radical (unpaired) electrons. The van der Waals surface area contributed by atoms with E-state index in [1.54, 1.807) is 7.11 Å². The van der Waals surface area contributed by atoms with Crippen LogP contribution >= 0.6 is 0 Å². The first-order valence-electron chi connectivity index (χ1n) is 5.80. The van der Waals surface area contributed by atoms with Crippen LogP contribution in [-0.2, 0) is 6.54 Å². The van der Waals surface area contributed by atoms with Crippen molar-refractivity contribution in [3.63, 3.8) is 0 Å². The van der Waals surface area contributed by atoms with Crippen LogP contribution in [0.25, 0.3) is 0 Å². The average Bonchev–Trinajstić information content (AvgIpc) is 2.59. The molecule has 4 nitrogen and oxygen atoms in total. The summed E-state index contributed by atoms with van der Waals surface area (Å²) in [6.45, 7) is 5.49. The molecule has 1 saturated heterocycles. The van der Waals surface area contributed by atoms with Crippen LogP contribution in [0.4, 0.5) is 0 Å². The number of pyridine rings is 1. The van der Waals surface area contributed by atoms with Gasteiger partial charge in [-0.15, -0.1) is 0 Å². The molecule has 88 valence electrons. The van der Waals surface area contributed by atoms with Gasteiger partial charge in [0.2, 0.25) is 5.88 Å². The lowest BCUT2D eigenvalue weighted by molar-refractivity contribution is 0.284. The molecule has 0 amide bonds. The summed E-state index contributed by atoms with van der Waals surface area (Å²) >= 11 is 0. The summed E-state index contributed by atoms with van der Waals surface area (Å²) in [5, 5.41) is 3.40. The zero-order chi connectivity index (χ0) is 11.2. The highest BCUT2D eigenvalue weighted by Crippen LogP contribution is 2.09. The maximum absolute atomic E-state index is 5.04. The van der Waals surface area contributed by atoms with Crippen molar-refractivity contribution >= 4 is 0 Å². The van der Waals surface area contributed by atoms with Crippen molar-refractivity contribution in [3.8, 4) is 5.88 Å². The molecule has 16 heavy (non-hydrogen) atoms. The Morgan fingerprint density at radius 2 is 2.31 bits per heavy atom. The van der Waals surface area contributed by atoms with E-state index in [1.165, 1.54) is 18.5 Å². The number of rotatable bonds is 3. The van der Waals surface area contributed by atoms with Crippen molar-refractivity contribution in [3.05, 3.63) is 23.9 Å². The van der Waals surface area contributed by atoms with E-state index >= 15 is 0 Å². The molecule has 1 fully saturated rings. The lowest BCUT2D eigenvalue weighted by atomic mass is 10.2. The molecule has 2 heterocycles. The summed E-state index contributed by atoms with van der Waals surface area (Å²) in [5.74, 6) is 0.682. The number of methoxy groups -OCH3 is 1. The van der Waals surface area contributed by atoms with Gasteiger partial charge in [0, 0.05) is 31.9 Å². The first-order chi connectivity index (χ1) is 7.88. The first-order valence-corrected chi connectivity index (χ1v) is 5.80. The minimum atomic E-state index is 0.682. The second-order valence-corrected chi connectivity index (χ2v) is 4.09. The van der Waals surface area contributed by atoms with Crippen molar-refractivity contribution in [2.24, 2.45) is 0 Å². The summed E-state index contributed by atoms with van der Waals surface area (Å²) in [6.07, 6.45) is 3.13. The van der Waals surface area contributed by atoms with Crippen molar-refractivity contribution in [1.82, 2.24) is 15.2 Å². The number of aromatic nitrogens is 1. The summed E-state index contributed by atoms with van der Waals surface area (Å²) in [6, 6.07) is 4.01. The van der Waals surface area contributed by atoms with E-state index in [9.17, 15) is 0 Å². The van der Waals surface area contributed by atoms with Gasteiger partial charge in [0.1, 0.15) is 0 Å². The van der Waals surface area contributed by atoms with Crippen LogP contribution in [0.15, 0.2) is 18.3 Å². The molecule has 1 aromatic rings. The fourth-order valence-electron chi connectivity index (χ4n) is 1.94. The highest BCUT2D eigenvalue weighted by Gasteiger charge is 2.08. The van der Waals surface area contributed by atoms with Gasteiger partial charge in [-0.3, -0.25) is 4.90 Å². The van der Waals surface area contributed by atoms with Crippen molar-refractivity contribution < 1.29 is 4.74 Å². The summed E-state index contributed by atoms with van der Waals surface area (Å²) < 4.78 is 5.04. The SMILES string of the molecule is COc1ccc(CN2CCCNCC2)cn1. The van der Waals surface area contributed by atoms with Crippen molar-refractivity contribution in [2.75, 3.05) is 33.3 Å². The molecule has 0 saturated carbocycles. The summed E-state index contributed by atoms with van der Waals surface area (Å²) in [7, 11) is 1.64. The highest BCUT2D eigenvalue weighted by atomic mass is 16.5. The predicted octanol–water partition coefficient (Wildman–Crippen LogP) is 0.885. The largest absolute Gasteiger partial charge is 0.481 e. The van der Waals surface area contributed by atoms with Crippen LogP contribution in [0.1, 0.15) is 12.0 Å². The van der Waals surface area contributed by atoms with E-state index in [-0.39, 0.29) is 0 Å². The monoisotopic (exact) mass is 221 g/mol. The van der Waals surface area contributed by atoms with Gasteiger partial charge in [0.05, 0.1) is 7.11 Å². The Morgan fingerprint density at radius 1 is 1.38 bits per heavy atom. The van der Waals surface area contributed by atoms with E-state index in [4.69, 9.17) is 4.74 Å². The van der Waals surface area contributed by atoms with E-state index < -0.39 is 0 Å². The lowest BCUT2D eigenvalue weighted by Gasteiger charge is -2.19. The minimum absolute atomic E-state index is 0.682. The Labute approximate surface area is 96.6 Å². The van der Waals surface area contributed by atoms with E-state index in [2.05, 4.69) is 21.3 Å². The fourth-order valence-corrected chi connectivity index (χ4v) is 1.94. The maximum atomic E-state index is 5.04. The van der Waals surface area contributed by atoms with Crippen molar-refractivity contribution in [2.45, 2.75) is 13.0 Å². The van der Waals surface area contributed by atoms with Crippen LogP contribution in [0.3, 0.4) is 0 Å². The molecule has 2 rings (SSSR count).